The van der Waals surface area contributed by atoms with Crippen LogP contribution in [0.1, 0.15) is 43.0 Å². The number of rotatable bonds is 6. The van der Waals surface area contributed by atoms with E-state index in [0.29, 0.717) is 24.0 Å². The monoisotopic (exact) mass is 1400 g/mol. The molecule has 15 rings (SSSR count). The number of aliphatic hydroxyl groups is 1. The molecule has 0 spiro atoms. The topological polar surface area (TPSA) is 119 Å². The molecule has 0 aliphatic heterocycles. The third-order valence-corrected chi connectivity index (χ3v) is 17.6. The van der Waals surface area contributed by atoms with Gasteiger partial charge in [0.05, 0.1) is 0 Å². The number of aliphatic hydroxyl groups excluding tert-OH is 1. The Morgan fingerprint density at radius 2 is 0.628 bits per heavy atom. The quantitative estimate of drug-likeness (QED) is 0.101. The average Bonchev–Trinajstić information content (AvgIpc) is 1.52. The van der Waals surface area contributed by atoms with Gasteiger partial charge in [-0.3, -0.25) is 19.2 Å². The largest absolute Gasteiger partial charge is 1.00 e. The van der Waals surface area contributed by atoms with E-state index < -0.39 is 11.6 Å². The standard InChI is InChI=1S/C37H20Br2O.C23H18O.C14H6Br2O2.CH4O.K.H2O/c38-23-15-17-27-28-18-16-24(39)20-32(28)34-33(31(27)19-23)35(29-13-5-9-21-7-1-3-11-25(21)29)37(40)36(34)30-14-6-10-22-8-2-4-12-26(22)30;24-21(15-19-11-5-9-17-7-1-3-13-22(17)19)16-20-12-6-10-18-8-2-4-14-23(18)20;15-7-1-3-9-10-4-2-8(16)6-12(10)14(18)13(17)11(9)5-7;1-2;;/h1-20H;1-14H,15-16H2;1-6H;2H,1H3;;1H2/q;;;;+1;/p-1. The molecule has 2 aliphatic rings. The first kappa shape index (κ1) is 62.4. The van der Waals surface area contributed by atoms with Crippen LogP contribution in [0.4, 0.5) is 0 Å². The van der Waals surface area contributed by atoms with E-state index in [4.69, 9.17) is 5.11 Å². The van der Waals surface area contributed by atoms with Gasteiger partial charge in [0, 0.05) is 70.6 Å². The summed E-state index contributed by atoms with van der Waals surface area (Å²) in [4.78, 5) is 51.8. The molecule has 0 radical (unpaired) electrons. The number of benzene rings is 13. The normalized spacial score (nSPS) is 12.0. The maximum absolute atomic E-state index is 15.0. The Bertz CT molecular complexity index is 4710. The number of halogens is 4. The van der Waals surface area contributed by atoms with Crippen LogP contribution >= 0.6 is 63.7 Å². The zero-order valence-electron chi connectivity index (χ0n) is 46.5. The van der Waals surface area contributed by atoms with Crippen LogP contribution < -0.4 is 61.8 Å². The Morgan fingerprint density at radius 3 is 1.02 bits per heavy atom. The zero-order chi connectivity index (χ0) is 58.2. The van der Waals surface area contributed by atoms with Crippen LogP contribution in [-0.2, 0) is 22.4 Å². The Hall–Kier alpha value is -6.68. The van der Waals surface area contributed by atoms with E-state index >= 15 is 4.79 Å². The number of Topliss-reactive ketones (excluding diaryl/α,β-unsaturated/α-hetero) is 4. The second-order valence-corrected chi connectivity index (χ2v) is 24.1. The van der Waals surface area contributed by atoms with Crippen LogP contribution in [0.15, 0.2) is 261 Å². The summed E-state index contributed by atoms with van der Waals surface area (Å²) in [6.07, 6.45) is 0.954. The van der Waals surface area contributed by atoms with Crippen molar-refractivity contribution >= 4 is 163 Å². The van der Waals surface area contributed by atoms with Crippen molar-refractivity contribution in [2.45, 2.75) is 12.8 Å². The molecule has 0 unspecified atom stereocenters. The SMILES string of the molecule is CO.O=C(Cc1cccc2ccccc12)Cc1cccc2ccccc12.O=C1C(=O)c2cc(Br)ccc2-c2ccc(Br)cc21.O=C1C(c2cccc3ccccc23)=c2c(c3cc(Br)ccc3c3ccc(Br)cc23)=C1c1cccc2ccccc12.[K+].[OH-]. The first-order valence-electron chi connectivity index (χ1n) is 27.2. The number of carbonyl (C=O) groups is 4. The molecule has 2 aliphatic carbocycles. The van der Waals surface area contributed by atoms with Crippen molar-refractivity contribution in [3.63, 3.8) is 0 Å². The zero-order valence-corrected chi connectivity index (χ0v) is 56.0. The minimum atomic E-state index is -0.447. The van der Waals surface area contributed by atoms with Gasteiger partial charge < -0.3 is 10.6 Å². The molecule has 0 saturated heterocycles. The summed E-state index contributed by atoms with van der Waals surface area (Å²) in [5.74, 6) is -0.576. The molecule has 11 heteroatoms. The molecule has 0 atom stereocenters. The Labute approximate surface area is 572 Å². The Kier molecular flexibility index (Phi) is 19.7. The van der Waals surface area contributed by atoms with E-state index in [-0.39, 0.29) is 68.4 Å². The Balaban J connectivity index is 0.000000152. The fourth-order valence-corrected chi connectivity index (χ4v) is 13.4. The van der Waals surface area contributed by atoms with Gasteiger partial charge in [-0.05, 0) is 147 Å². The predicted molar refractivity (Wildman–Crippen MR) is 360 cm³/mol. The van der Waals surface area contributed by atoms with E-state index in [1.807, 2.05) is 84.9 Å². The summed E-state index contributed by atoms with van der Waals surface area (Å²) >= 11 is 14.1. The number of hydrogen-bond donors (Lipinski definition) is 1. The molecular formula is C75H49Br4KO6. The number of carbonyl (C=O) groups excluding carboxylic acids is 4. The molecule has 0 heterocycles. The summed E-state index contributed by atoms with van der Waals surface area (Å²) in [6, 6.07) is 81.7. The smallest absolute Gasteiger partial charge is 0.870 e. The summed E-state index contributed by atoms with van der Waals surface area (Å²) in [6.45, 7) is 0. The van der Waals surface area contributed by atoms with Gasteiger partial charge >= 0.3 is 51.4 Å². The van der Waals surface area contributed by atoms with Gasteiger partial charge in [0.15, 0.2) is 5.78 Å². The molecule has 0 saturated carbocycles. The van der Waals surface area contributed by atoms with E-state index in [0.717, 1.165) is 123 Å². The molecule has 6 nitrogen and oxygen atoms in total. The maximum atomic E-state index is 15.0. The number of ketones is 4. The van der Waals surface area contributed by atoms with E-state index in [1.54, 1.807) is 12.1 Å². The average molecular weight is 1400 g/mol. The van der Waals surface area contributed by atoms with Crippen molar-refractivity contribution in [2.75, 3.05) is 7.11 Å². The molecule has 13 aromatic rings. The van der Waals surface area contributed by atoms with Crippen LogP contribution in [0.3, 0.4) is 0 Å². The van der Waals surface area contributed by atoms with Crippen LogP contribution in [0, 0.1) is 0 Å². The van der Waals surface area contributed by atoms with Crippen molar-refractivity contribution in [3.8, 4) is 11.1 Å². The van der Waals surface area contributed by atoms with E-state index in [2.05, 4.69) is 209 Å². The van der Waals surface area contributed by atoms with Crippen LogP contribution in [0.2, 0.25) is 0 Å². The third kappa shape index (κ3) is 12.0. The minimum absolute atomic E-state index is 0. The van der Waals surface area contributed by atoms with Crippen molar-refractivity contribution in [1.82, 2.24) is 0 Å². The molecule has 2 N–H and O–H groups in total. The first-order chi connectivity index (χ1) is 41.0. The molecule has 0 fully saturated rings. The Morgan fingerprint density at radius 1 is 0.314 bits per heavy atom. The van der Waals surface area contributed by atoms with Crippen molar-refractivity contribution < 1.29 is 81.1 Å². The fourth-order valence-electron chi connectivity index (χ4n) is 12.0. The third-order valence-electron chi connectivity index (χ3n) is 15.6. The van der Waals surface area contributed by atoms with Gasteiger partial charge in [-0.1, -0.05) is 258 Å². The summed E-state index contributed by atoms with van der Waals surface area (Å²) in [5.41, 5.74) is 8.23. The van der Waals surface area contributed by atoms with Gasteiger partial charge in [-0.2, -0.15) is 0 Å². The van der Waals surface area contributed by atoms with Gasteiger partial charge in [-0.15, -0.1) is 0 Å². The molecule has 0 amide bonds. The molecule has 13 aromatic carbocycles. The van der Waals surface area contributed by atoms with Crippen LogP contribution in [-0.4, -0.2) is 40.8 Å². The first-order valence-corrected chi connectivity index (χ1v) is 30.3. The predicted octanol–water partition coefficient (Wildman–Crippen LogP) is 14.8. The van der Waals surface area contributed by atoms with Crippen molar-refractivity contribution in [1.29, 1.82) is 0 Å². The summed E-state index contributed by atoms with van der Waals surface area (Å²) in [5, 5.41) is 22.5. The van der Waals surface area contributed by atoms with Gasteiger partial charge in [0.1, 0.15) is 5.78 Å². The fraction of sp³-hybridized carbons (Fsp3) is 0.0400. The molecule has 86 heavy (non-hydrogen) atoms. The maximum Gasteiger partial charge on any atom is 1.00 e. The molecule has 0 aromatic heterocycles. The molecule has 414 valence electrons. The summed E-state index contributed by atoms with van der Waals surface area (Å²) in [7, 11) is 1.00. The molecule has 0 bridgehead atoms. The van der Waals surface area contributed by atoms with E-state index in [1.165, 1.54) is 21.5 Å². The minimum Gasteiger partial charge on any atom is -0.870 e. The van der Waals surface area contributed by atoms with Crippen LogP contribution in [0.25, 0.3) is 86.9 Å². The van der Waals surface area contributed by atoms with Crippen molar-refractivity contribution in [2.24, 2.45) is 0 Å². The summed E-state index contributed by atoms with van der Waals surface area (Å²) < 4.78 is 3.56. The van der Waals surface area contributed by atoms with Gasteiger partial charge in [0.2, 0.25) is 11.6 Å². The van der Waals surface area contributed by atoms with E-state index in [9.17, 15) is 14.4 Å². The second kappa shape index (κ2) is 27.1. The number of fused-ring (bicyclic) bond motifs is 13. The second-order valence-electron chi connectivity index (χ2n) is 20.5. The molecular weight excluding hydrogens is 1360 g/mol. The van der Waals surface area contributed by atoms with Gasteiger partial charge in [0.25, 0.3) is 0 Å². The van der Waals surface area contributed by atoms with Gasteiger partial charge in [-0.25, -0.2) is 0 Å². The van der Waals surface area contributed by atoms with Crippen LogP contribution in [0.5, 0.6) is 0 Å². The van der Waals surface area contributed by atoms with Crippen molar-refractivity contribution in [3.05, 3.63) is 304 Å². The number of hydrogen-bond acceptors (Lipinski definition) is 6.